The molecule has 0 N–H and O–H groups in total. The molecule has 0 saturated carbocycles. The minimum Gasteiger partial charge on any atom is -0.309 e. The molecule has 12 aromatic rings. The maximum atomic E-state index is 5.24. The number of benzene rings is 9. The van der Waals surface area contributed by atoms with E-state index in [0.29, 0.717) is 5.95 Å². The standard InChI is InChI=1S/C54H34N4/c1-4-14-35(15-5-1)39-21-12-22-43(31-39)57-50-25-13-20-38-26-27-41-30-42(33-51(57)53(41)52(38)50)40-28-29-49-45(32-40)44-23-10-11-24-48(44)58(49)54-55-46(36-16-6-2-7-17-36)34-47(56-54)37-18-8-3-9-19-37/h1-34H. The molecule has 270 valence electrons. The topological polar surface area (TPSA) is 35.6 Å². The average molecular weight is 739 g/mol. The zero-order chi connectivity index (χ0) is 38.2. The lowest BCUT2D eigenvalue weighted by Crippen LogP contribution is -2.03. The van der Waals surface area contributed by atoms with Gasteiger partial charge in [0.2, 0.25) is 5.95 Å². The highest BCUT2D eigenvalue weighted by atomic mass is 15.2. The van der Waals surface area contributed by atoms with E-state index in [2.05, 4.69) is 203 Å². The van der Waals surface area contributed by atoms with Crippen molar-refractivity contribution in [2.45, 2.75) is 0 Å². The molecule has 0 aliphatic carbocycles. The lowest BCUT2D eigenvalue weighted by Gasteiger charge is -2.12. The van der Waals surface area contributed by atoms with Gasteiger partial charge in [0.05, 0.1) is 33.5 Å². The van der Waals surface area contributed by atoms with Crippen molar-refractivity contribution >= 4 is 54.4 Å². The largest absolute Gasteiger partial charge is 0.309 e. The molecule has 0 radical (unpaired) electrons. The SMILES string of the molecule is c1ccc(-c2cccc(-n3c4cccc5ccc6cc(-c7ccc8c(c7)c7ccccc7n8-c7nc(-c8ccccc8)cc(-c8ccccc8)n7)cc3c6c54)c2)cc1. The Kier molecular flexibility index (Phi) is 7.20. The Hall–Kier alpha value is -7.82. The van der Waals surface area contributed by atoms with Crippen LogP contribution in [0.2, 0.25) is 0 Å². The van der Waals surface area contributed by atoms with E-state index < -0.39 is 0 Å². The quantitative estimate of drug-likeness (QED) is 0.159. The molecule has 0 amide bonds. The molecule has 9 aromatic carbocycles. The fourth-order valence-electron chi connectivity index (χ4n) is 9.01. The van der Waals surface area contributed by atoms with Gasteiger partial charge in [-0.05, 0) is 87.6 Å². The summed E-state index contributed by atoms with van der Waals surface area (Å²) < 4.78 is 4.68. The highest BCUT2D eigenvalue weighted by Crippen LogP contribution is 2.43. The fraction of sp³-hybridized carbons (Fsp3) is 0. The number of aromatic nitrogens is 4. The number of rotatable bonds is 6. The molecule has 3 heterocycles. The minimum absolute atomic E-state index is 0.646. The summed E-state index contributed by atoms with van der Waals surface area (Å²) in [4.78, 5) is 10.5. The Bertz CT molecular complexity index is 3430. The van der Waals surface area contributed by atoms with Crippen LogP contribution in [-0.4, -0.2) is 19.1 Å². The first-order valence-electron chi connectivity index (χ1n) is 19.7. The van der Waals surface area contributed by atoms with E-state index in [1.807, 2.05) is 12.1 Å². The van der Waals surface area contributed by atoms with Crippen molar-refractivity contribution in [3.63, 3.8) is 0 Å². The molecule has 58 heavy (non-hydrogen) atoms. The van der Waals surface area contributed by atoms with Gasteiger partial charge >= 0.3 is 0 Å². The maximum Gasteiger partial charge on any atom is 0.235 e. The van der Waals surface area contributed by atoms with Gasteiger partial charge in [0.1, 0.15) is 0 Å². The number of fused-ring (bicyclic) bond motifs is 3. The predicted octanol–water partition coefficient (Wildman–Crippen LogP) is 13.9. The van der Waals surface area contributed by atoms with Crippen LogP contribution in [0.3, 0.4) is 0 Å². The third-order valence-corrected chi connectivity index (χ3v) is 11.7. The highest BCUT2D eigenvalue weighted by Gasteiger charge is 2.21. The van der Waals surface area contributed by atoms with Crippen molar-refractivity contribution in [2.24, 2.45) is 0 Å². The van der Waals surface area contributed by atoms with Crippen molar-refractivity contribution in [3.8, 4) is 56.4 Å². The van der Waals surface area contributed by atoms with Crippen LogP contribution in [-0.2, 0) is 0 Å². The number of hydrogen-bond donors (Lipinski definition) is 0. The molecule has 0 fully saturated rings. The lowest BCUT2D eigenvalue weighted by atomic mass is 9.96. The first kappa shape index (κ1) is 32.4. The summed E-state index contributed by atoms with van der Waals surface area (Å²) in [5, 5.41) is 7.40. The van der Waals surface area contributed by atoms with Crippen LogP contribution < -0.4 is 0 Å². The summed E-state index contributed by atoms with van der Waals surface area (Å²) in [6.07, 6.45) is 0. The van der Waals surface area contributed by atoms with Crippen molar-refractivity contribution in [3.05, 3.63) is 206 Å². The summed E-state index contributed by atoms with van der Waals surface area (Å²) in [7, 11) is 0. The molecular weight excluding hydrogens is 705 g/mol. The van der Waals surface area contributed by atoms with E-state index in [4.69, 9.17) is 9.97 Å². The van der Waals surface area contributed by atoms with Crippen molar-refractivity contribution < 1.29 is 0 Å². The molecule has 4 heteroatoms. The molecule has 0 aliphatic rings. The Morgan fingerprint density at radius 1 is 0.293 bits per heavy atom. The van der Waals surface area contributed by atoms with Crippen LogP contribution in [0.1, 0.15) is 0 Å². The molecule has 3 aromatic heterocycles. The maximum absolute atomic E-state index is 5.24. The molecule has 12 rings (SSSR count). The minimum atomic E-state index is 0.646. The lowest BCUT2D eigenvalue weighted by molar-refractivity contribution is 0.995. The second-order valence-corrected chi connectivity index (χ2v) is 15.0. The van der Waals surface area contributed by atoms with Gasteiger partial charge in [-0.3, -0.25) is 4.57 Å². The van der Waals surface area contributed by atoms with Gasteiger partial charge in [0, 0.05) is 38.4 Å². The first-order chi connectivity index (χ1) is 28.7. The number of hydrogen-bond acceptors (Lipinski definition) is 2. The van der Waals surface area contributed by atoms with Gasteiger partial charge in [-0.15, -0.1) is 0 Å². The summed E-state index contributed by atoms with van der Waals surface area (Å²) >= 11 is 0. The molecule has 0 saturated heterocycles. The second-order valence-electron chi connectivity index (χ2n) is 15.0. The van der Waals surface area contributed by atoms with Crippen LogP contribution in [0.4, 0.5) is 0 Å². The third kappa shape index (κ3) is 5.09. The highest BCUT2D eigenvalue weighted by molar-refractivity contribution is 6.25. The van der Waals surface area contributed by atoms with Crippen LogP contribution >= 0.6 is 0 Å². The smallest absolute Gasteiger partial charge is 0.235 e. The molecule has 0 aliphatic heterocycles. The zero-order valence-electron chi connectivity index (χ0n) is 31.4. The van der Waals surface area contributed by atoms with Gasteiger partial charge in [-0.1, -0.05) is 152 Å². The van der Waals surface area contributed by atoms with Crippen LogP contribution in [0.25, 0.3) is 111 Å². The van der Waals surface area contributed by atoms with E-state index in [9.17, 15) is 0 Å². The molecule has 0 unspecified atom stereocenters. The van der Waals surface area contributed by atoms with E-state index in [1.54, 1.807) is 0 Å². The van der Waals surface area contributed by atoms with Gasteiger partial charge in [-0.2, -0.15) is 0 Å². The van der Waals surface area contributed by atoms with E-state index in [1.165, 1.54) is 49.3 Å². The molecule has 4 nitrogen and oxygen atoms in total. The summed E-state index contributed by atoms with van der Waals surface area (Å²) in [5.41, 5.74) is 14.3. The first-order valence-corrected chi connectivity index (χ1v) is 19.7. The summed E-state index contributed by atoms with van der Waals surface area (Å²) in [5.74, 6) is 0.646. The van der Waals surface area contributed by atoms with Crippen LogP contribution in [0, 0.1) is 0 Å². The van der Waals surface area contributed by atoms with Crippen molar-refractivity contribution in [1.82, 2.24) is 19.1 Å². The molecular formula is C54H34N4. The average Bonchev–Trinajstić information content (AvgIpc) is 3.82. The predicted molar refractivity (Wildman–Crippen MR) is 241 cm³/mol. The normalized spacial score (nSPS) is 11.8. The monoisotopic (exact) mass is 738 g/mol. The Morgan fingerprint density at radius 3 is 1.64 bits per heavy atom. The fourth-order valence-corrected chi connectivity index (χ4v) is 9.01. The van der Waals surface area contributed by atoms with Gasteiger partial charge in [0.15, 0.2) is 0 Å². The van der Waals surface area contributed by atoms with E-state index in [-0.39, 0.29) is 0 Å². The van der Waals surface area contributed by atoms with E-state index >= 15 is 0 Å². The number of para-hydroxylation sites is 1. The Labute approximate surface area is 334 Å². The molecule has 0 atom stereocenters. The van der Waals surface area contributed by atoms with E-state index in [0.717, 1.165) is 55.6 Å². The zero-order valence-corrected chi connectivity index (χ0v) is 31.4. The summed E-state index contributed by atoms with van der Waals surface area (Å²) in [6.45, 7) is 0. The van der Waals surface area contributed by atoms with Gasteiger partial charge < -0.3 is 4.57 Å². The molecule has 0 bridgehead atoms. The Morgan fingerprint density at radius 2 is 0.879 bits per heavy atom. The van der Waals surface area contributed by atoms with Crippen LogP contribution in [0.15, 0.2) is 206 Å². The third-order valence-electron chi connectivity index (χ3n) is 11.7. The second kappa shape index (κ2) is 12.9. The van der Waals surface area contributed by atoms with Crippen molar-refractivity contribution in [2.75, 3.05) is 0 Å². The van der Waals surface area contributed by atoms with Gasteiger partial charge in [-0.25, -0.2) is 9.97 Å². The summed E-state index contributed by atoms with van der Waals surface area (Å²) in [6, 6.07) is 73.8. The van der Waals surface area contributed by atoms with Crippen LogP contribution in [0.5, 0.6) is 0 Å². The molecule has 0 spiro atoms. The number of nitrogens with zero attached hydrogens (tertiary/aromatic N) is 4. The van der Waals surface area contributed by atoms with Gasteiger partial charge in [0.25, 0.3) is 0 Å². The Balaban J connectivity index is 1.07. The van der Waals surface area contributed by atoms with Crippen molar-refractivity contribution in [1.29, 1.82) is 0 Å².